The van der Waals surface area contributed by atoms with Gasteiger partial charge in [-0.15, -0.1) is 11.3 Å². The Morgan fingerprint density at radius 3 is 2.33 bits per heavy atom. The Kier molecular flexibility index (Phi) is 4.77. The molecule has 1 aromatic heterocycles. The van der Waals surface area contributed by atoms with Crippen molar-refractivity contribution in [1.82, 2.24) is 0 Å². The lowest BCUT2D eigenvalue weighted by molar-refractivity contribution is -0.130. The maximum absolute atomic E-state index is 11.4. The fourth-order valence-corrected chi connectivity index (χ4v) is 2.75. The number of esters is 1. The quantitative estimate of drug-likeness (QED) is 0.686. The van der Waals surface area contributed by atoms with E-state index in [0.717, 1.165) is 0 Å². The van der Waals surface area contributed by atoms with E-state index in [1.54, 1.807) is 36.4 Å². The maximum atomic E-state index is 11.4. The summed E-state index contributed by atoms with van der Waals surface area (Å²) in [5, 5.41) is 9.30. The molecule has 2 aromatic rings. The fourth-order valence-electron chi connectivity index (χ4n) is 1.70. The maximum Gasteiger partial charge on any atom is 0.337 e. The average Bonchev–Trinajstić information content (AvgIpc) is 2.90. The standard InChI is InChI=1S/C15H11ClO4S/c1-20-15(19)10-4-2-9(3-5-10)8-11(14(17)18)12-6-7-13(16)21-12/h2-8H,1H3,(H,17,18)/b11-8-. The predicted octanol–water partition coefficient (Wildman–Crippen LogP) is 3.81. The minimum absolute atomic E-state index is 0.151. The summed E-state index contributed by atoms with van der Waals surface area (Å²) in [7, 11) is 1.30. The Morgan fingerprint density at radius 1 is 1.19 bits per heavy atom. The van der Waals surface area contributed by atoms with Crippen molar-refractivity contribution in [3.63, 3.8) is 0 Å². The monoisotopic (exact) mass is 322 g/mol. The number of carbonyl (C=O) groups excluding carboxylic acids is 1. The molecular weight excluding hydrogens is 312 g/mol. The molecule has 0 amide bonds. The highest BCUT2D eigenvalue weighted by Crippen LogP contribution is 2.29. The van der Waals surface area contributed by atoms with Gasteiger partial charge in [0, 0.05) is 4.88 Å². The van der Waals surface area contributed by atoms with Gasteiger partial charge in [0.2, 0.25) is 0 Å². The number of carbonyl (C=O) groups is 2. The summed E-state index contributed by atoms with van der Waals surface area (Å²) in [5.41, 5.74) is 1.23. The molecule has 0 aliphatic carbocycles. The summed E-state index contributed by atoms with van der Waals surface area (Å²) in [6, 6.07) is 9.79. The number of methoxy groups -OCH3 is 1. The van der Waals surface area contributed by atoms with Gasteiger partial charge in [0.15, 0.2) is 0 Å². The van der Waals surface area contributed by atoms with Crippen LogP contribution in [0.2, 0.25) is 4.34 Å². The molecule has 21 heavy (non-hydrogen) atoms. The van der Waals surface area contributed by atoms with E-state index in [2.05, 4.69) is 4.74 Å². The van der Waals surface area contributed by atoms with E-state index in [-0.39, 0.29) is 5.57 Å². The van der Waals surface area contributed by atoms with Crippen molar-refractivity contribution in [2.45, 2.75) is 0 Å². The van der Waals surface area contributed by atoms with E-state index in [4.69, 9.17) is 11.6 Å². The molecule has 0 aliphatic rings. The molecule has 1 N–H and O–H groups in total. The number of halogens is 1. The van der Waals surface area contributed by atoms with E-state index < -0.39 is 11.9 Å². The lowest BCUT2D eigenvalue weighted by Gasteiger charge is -2.02. The highest BCUT2D eigenvalue weighted by Gasteiger charge is 2.13. The van der Waals surface area contributed by atoms with Crippen LogP contribution in [0.25, 0.3) is 11.6 Å². The number of ether oxygens (including phenoxy) is 1. The Labute approximate surface area is 130 Å². The average molecular weight is 323 g/mol. The van der Waals surface area contributed by atoms with Gasteiger partial charge in [-0.1, -0.05) is 23.7 Å². The summed E-state index contributed by atoms with van der Waals surface area (Å²) in [6.45, 7) is 0. The molecule has 0 radical (unpaired) electrons. The molecule has 4 nitrogen and oxygen atoms in total. The largest absolute Gasteiger partial charge is 0.478 e. The molecular formula is C15H11ClO4S. The van der Waals surface area contributed by atoms with Gasteiger partial charge in [0.25, 0.3) is 0 Å². The van der Waals surface area contributed by atoms with Crippen molar-refractivity contribution in [3.8, 4) is 0 Å². The molecule has 0 saturated heterocycles. The first-order chi connectivity index (χ1) is 10.0. The van der Waals surface area contributed by atoms with Gasteiger partial charge in [-0.25, -0.2) is 9.59 Å². The van der Waals surface area contributed by atoms with E-state index >= 15 is 0 Å². The van der Waals surface area contributed by atoms with Gasteiger partial charge < -0.3 is 9.84 Å². The normalized spacial score (nSPS) is 11.2. The molecule has 2 rings (SSSR count). The van der Waals surface area contributed by atoms with E-state index in [1.165, 1.54) is 24.5 Å². The molecule has 0 aliphatic heterocycles. The second-order valence-corrected chi connectivity index (χ2v) is 5.80. The molecule has 0 bridgehead atoms. The van der Waals surface area contributed by atoms with Crippen LogP contribution in [-0.4, -0.2) is 24.2 Å². The molecule has 0 saturated carbocycles. The number of rotatable bonds is 4. The van der Waals surface area contributed by atoms with Crippen molar-refractivity contribution >= 4 is 46.5 Å². The van der Waals surface area contributed by atoms with Crippen LogP contribution in [0.4, 0.5) is 0 Å². The highest BCUT2D eigenvalue weighted by molar-refractivity contribution is 7.17. The topological polar surface area (TPSA) is 63.6 Å². The number of benzene rings is 1. The van der Waals surface area contributed by atoms with Crippen molar-refractivity contribution in [3.05, 3.63) is 56.7 Å². The van der Waals surface area contributed by atoms with Crippen LogP contribution >= 0.6 is 22.9 Å². The third-order valence-corrected chi connectivity index (χ3v) is 3.98. The second kappa shape index (κ2) is 6.56. The van der Waals surface area contributed by atoms with Crippen LogP contribution in [0, 0.1) is 0 Å². The predicted molar refractivity (Wildman–Crippen MR) is 82.6 cm³/mol. The first-order valence-electron chi connectivity index (χ1n) is 5.90. The smallest absolute Gasteiger partial charge is 0.337 e. The summed E-state index contributed by atoms with van der Waals surface area (Å²) in [5.74, 6) is -1.47. The Balaban J connectivity index is 2.35. The first-order valence-corrected chi connectivity index (χ1v) is 7.10. The van der Waals surface area contributed by atoms with Crippen molar-refractivity contribution in [2.24, 2.45) is 0 Å². The molecule has 1 heterocycles. The molecule has 0 unspecified atom stereocenters. The Morgan fingerprint density at radius 2 is 1.86 bits per heavy atom. The van der Waals surface area contributed by atoms with Crippen LogP contribution in [-0.2, 0) is 9.53 Å². The number of aliphatic carboxylic acids is 1. The summed E-state index contributed by atoms with van der Waals surface area (Å²) in [4.78, 5) is 23.3. The van der Waals surface area contributed by atoms with Crippen molar-refractivity contribution in [1.29, 1.82) is 0 Å². The molecule has 0 spiro atoms. The van der Waals surface area contributed by atoms with Crippen LogP contribution in [0.3, 0.4) is 0 Å². The van der Waals surface area contributed by atoms with Gasteiger partial charge in [0.05, 0.1) is 22.6 Å². The molecule has 6 heteroatoms. The molecule has 108 valence electrons. The summed E-state index contributed by atoms with van der Waals surface area (Å²) < 4.78 is 5.13. The lowest BCUT2D eigenvalue weighted by Crippen LogP contribution is -2.01. The number of hydrogen-bond donors (Lipinski definition) is 1. The van der Waals surface area contributed by atoms with Gasteiger partial charge in [-0.3, -0.25) is 0 Å². The highest BCUT2D eigenvalue weighted by atomic mass is 35.5. The fraction of sp³-hybridized carbons (Fsp3) is 0.0667. The third kappa shape index (κ3) is 3.71. The van der Waals surface area contributed by atoms with Crippen molar-refractivity contribution in [2.75, 3.05) is 7.11 Å². The van der Waals surface area contributed by atoms with Crippen LogP contribution < -0.4 is 0 Å². The molecule has 0 fully saturated rings. The number of carboxylic acid groups (broad SMARTS) is 1. The van der Waals surface area contributed by atoms with Gasteiger partial charge in [-0.05, 0) is 35.9 Å². The third-order valence-electron chi connectivity index (χ3n) is 2.71. The van der Waals surface area contributed by atoms with E-state index in [1.807, 2.05) is 0 Å². The minimum Gasteiger partial charge on any atom is -0.478 e. The molecule has 0 atom stereocenters. The Hall–Kier alpha value is -2.11. The zero-order chi connectivity index (χ0) is 15.4. The van der Waals surface area contributed by atoms with Crippen LogP contribution in [0.5, 0.6) is 0 Å². The number of carboxylic acids is 1. The first kappa shape index (κ1) is 15.3. The molecule has 1 aromatic carbocycles. The van der Waals surface area contributed by atoms with Crippen LogP contribution in [0.1, 0.15) is 20.8 Å². The second-order valence-electron chi connectivity index (χ2n) is 4.08. The van der Waals surface area contributed by atoms with Crippen molar-refractivity contribution < 1.29 is 19.4 Å². The zero-order valence-electron chi connectivity index (χ0n) is 11.0. The summed E-state index contributed by atoms with van der Waals surface area (Å²) in [6.07, 6.45) is 1.53. The number of hydrogen-bond acceptors (Lipinski definition) is 4. The SMILES string of the molecule is COC(=O)c1ccc(/C=C(\C(=O)O)c2ccc(Cl)s2)cc1. The number of thiophene rings is 1. The minimum atomic E-state index is -1.04. The van der Waals surface area contributed by atoms with E-state index in [0.29, 0.717) is 20.3 Å². The Bertz CT molecular complexity index is 701. The van der Waals surface area contributed by atoms with Gasteiger partial charge in [-0.2, -0.15) is 0 Å². The van der Waals surface area contributed by atoms with Crippen LogP contribution in [0.15, 0.2) is 36.4 Å². The van der Waals surface area contributed by atoms with Gasteiger partial charge in [0.1, 0.15) is 0 Å². The zero-order valence-corrected chi connectivity index (χ0v) is 12.6. The summed E-state index contributed by atoms with van der Waals surface area (Å²) >= 11 is 7.03. The van der Waals surface area contributed by atoms with E-state index in [9.17, 15) is 14.7 Å². The van der Waals surface area contributed by atoms with Gasteiger partial charge >= 0.3 is 11.9 Å². The lowest BCUT2D eigenvalue weighted by atomic mass is 10.1.